The van der Waals surface area contributed by atoms with Crippen LogP contribution in [0, 0.1) is 10.1 Å². The maximum atomic E-state index is 12.3. The van der Waals surface area contributed by atoms with Crippen molar-refractivity contribution in [2.24, 2.45) is 0 Å². The summed E-state index contributed by atoms with van der Waals surface area (Å²) in [6.07, 6.45) is 0. The summed E-state index contributed by atoms with van der Waals surface area (Å²) in [5, 5.41) is 10.7. The van der Waals surface area contributed by atoms with E-state index >= 15 is 0 Å². The minimum atomic E-state index is -3.60. The molecule has 0 saturated heterocycles. The minimum absolute atomic E-state index is 0.120. The lowest BCUT2D eigenvalue weighted by atomic mass is 10.2. The van der Waals surface area contributed by atoms with E-state index in [9.17, 15) is 18.5 Å². The number of nitro benzene ring substituents is 1. The number of nitro groups is 1. The van der Waals surface area contributed by atoms with Gasteiger partial charge in [0.15, 0.2) is 0 Å². The molecule has 0 radical (unpaired) electrons. The largest absolute Gasteiger partial charge is 0.273 e. The highest BCUT2D eigenvalue weighted by molar-refractivity contribution is 7.92. The topological polar surface area (TPSA) is 80.5 Å². The summed E-state index contributed by atoms with van der Waals surface area (Å²) >= 11 is 0. The number of non-ortho nitro benzene ring substituents is 1. The second kappa shape index (κ2) is 5.92. The smallest absolute Gasteiger partial charge is 0.269 e. The van der Waals surface area contributed by atoms with Crippen LogP contribution in [-0.2, 0) is 15.8 Å². The molecule has 0 spiro atoms. The van der Waals surface area contributed by atoms with E-state index in [1.807, 2.05) is 0 Å². The quantitative estimate of drug-likeness (QED) is 0.628. The Bertz CT molecular complexity index is 745. The van der Waals surface area contributed by atoms with Crippen molar-refractivity contribution in [1.29, 1.82) is 0 Å². The zero-order chi connectivity index (χ0) is 15.5. The fraction of sp³-hybridized carbons (Fsp3) is 0.143. The van der Waals surface area contributed by atoms with Gasteiger partial charge in [-0.3, -0.25) is 14.4 Å². The van der Waals surface area contributed by atoms with Gasteiger partial charge in [-0.1, -0.05) is 30.3 Å². The summed E-state index contributed by atoms with van der Waals surface area (Å²) in [7, 11) is -2.14. The van der Waals surface area contributed by atoms with E-state index in [1.54, 1.807) is 36.4 Å². The molecule has 0 amide bonds. The molecule has 0 aliphatic rings. The molecule has 0 N–H and O–H groups in total. The Kier molecular flexibility index (Phi) is 4.23. The molecule has 110 valence electrons. The minimum Gasteiger partial charge on any atom is -0.273 e. The summed E-state index contributed by atoms with van der Waals surface area (Å²) in [5.74, 6) is -0.292. The zero-order valence-corrected chi connectivity index (χ0v) is 12.2. The molecule has 21 heavy (non-hydrogen) atoms. The molecule has 0 heterocycles. The molecule has 2 aromatic rings. The van der Waals surface area contributed by atoms with Gasteiger partial charge in [-0.2, -0.15) is 0 Å². The van der Waals surface area contributed by atoms with Crippen molar-refractivity contribution in [3.05, 3.63) is 70.3 Å². The van der Waals surface area contributed by atoms with Crippen LogP contribution in [0.5, 0.6) is 0 Å². The highest BCUT2D eigenvalue weighted by Gasteiger charge is 2.20. The van der Waals surface area contributed by atoms with Crippen molar-refractivity contribution in [1.82, 2.24) is 0 Å². The number of para-hydroxylation sites is 1. The molecule has 0 fully saturated rings. The van der Waals surface area contributed by atoms with Crippen molar-refractivity contribution in [3.8, 4) is 0 Å². The van der Waals surface area contributed by atoms with E-state index in [1.165, 1.54) is 29.6 Å². The van der Waals surface area contributed by atoms with Gasteiger partial charge in [0.2, 0.25) is 10.0 Å². The molecule has 2 rings (SSSR count). The third-order valence-corrected chi connectivity index (χ3v) is 4.75. The van der Waals surface area contributed by atoms with Gasteiger partial charge in [0.05, 0.1) is 16.4 Å². The monoisotopic (exact) mass is 306 g/mol. The predicted octanol–water partition coefficient (Wildman–Crippen LogP) is 2.56. The Morgan fingerprint density at radius 1 is 1.10 bits per heavy atom. The Hall–Kier alpha value is -2.41. The van der Waals surface area contributed by atoms with Gasteiger partial charge >= 0.3 is 0 Å². The van der Waals surface area contributed by atoms with Crippen molar-refractivity contribution in [2.45, 2.75) is 5.75 Å². The highest BCUT2D eigenvalue weighted by atomic mass is 32.2. The Labute approximate surface area is 122 Å². The Morgan fingerprint density at radius 3 is 2.38 bits per heavy atom. The molecule has 0 unspecified atom stereocenters. The fourth-order valence-electron chi connectivity index (χ4n) is 1.87. The molecule has 6 nitrogen and oxygen atoms in total. The van der Waals surface area contributed by atoms with Crippen LogP contribution in [0.25, 0.3) is 0 Å². The number of hydrogen-bond acceptors (Lipinski definition) is 4. The molecule has 2 aromatic carbocycles. The lowest BCUT2D eigenvalue weighted by Crippen LogP contribution is -2.27. The molecule has 0 aromatic heterocycles. The first-order valence-electron chi connectivity index (χ1n) is 6.15. The van der Waals surface area contributed by atoms with Crippen molar-refractivity contribution in [2.75, 3.05) is 11.4 Å². The fourth-order valence-corrected chi connectivity index (χ4v) is 3.10. The summed E-state index contributed by atoms with van der Waals surface area (Å²) in [6.45, 7) is 0. The summed E-state index contributed by atoms with van der Waals surface area (Å²) < 4.78 is 25.8. The number of nitrogens with zero attached hydrogens (tertiary/aromatic N) is 2. The molecular formula is C14H14N2O4S. The molecular weight excluding hydrogens is 292 g/mol. The van der Waals surface area contributed by atoms with E-state index in [4.69, 9.17) is 0 Å². The lowest BCUT2D eigenvalue weighted by molar-refractivity contribution is -0.384. The molecule has 0 aliphatic heterocycles. The van der Waals surface area contributed by atoms with E-state index in [2.05, 4.69) is 0 Å². The molecule has 0 atom stereocenters. The van der Waals surface area contributed by atoms with E-state index in [0.29, 0.717) is 11.3 Å². The average molecular weight is 306 g/mol. The number of anilines is 1. The number of sulfonamides is 1. The third-order valence-electron chi connectivity index (χ3n) is 3.01. The van der Waals surface area contributed by atoms with Crippen LogP contribution < -0.4 is 4.31 Å². The third kappa shape index (κ3) is 3.57. The van der Waals surface area contributed by atoms with Gasteiger partial charge in [-0.25, -0.2) is 8.42 Å². The van der Waals surface area contributed by atoms with Gasteiger partial charge < -0.3 is 0 Å². The van der Waals surface area contributed by atoms with Gasteiger partial charge in [-0.15, -0.1) is 0 Å². The van der Waals surface area contributed by atoms with E-state index in [-0.39, 0.29) is 11.4 Å². The molecule has 0 bridgehead atoms. The second-order valence-corrected chi connectivity index (χ2v) is 6.49. The van der Waals surface area contributed by atoms with Crippen LogP contribution in [0.2, 0.25) is 0 Å². The van der Waals surface area contributed by atoms with Gasteiger partial charge in [0, 0.05) is 19.2 Å². The number of hydrogen-bond donors (Lipinski definition) is 0. The molecule has 0 aliphatic carbocycles. The van der Waals surface area contributed by atoms with Crippen LogP contribution in [0.1, 0.15) is 5.56 Å². The predicted molar refractivity (Wildman–Crippen MR) is 80.6 cm³/mol. The van der Waals surface area contributed by atoms with Crippen molar-refractivity contribution < 1.29 is 13.3 Å². The maximum Gasteiger partial charge on any atom is 0.269 e. The van der Waals surface area contributed by atoms with E-state index in [0.717, 1.165) is 0 Å². The Morgan fingerprint density at radius 2 is 1.76 bits per heavy atom. The zero-order valence-electron chi connectivity index (χ0n) is 11.3. The standard InChI is InChI=1S/C14H14N2O4S/c1-15(13-7-3-2-4-8-13)21(19,20)11-12-6-5-9-14(10-12)16(17)18/h2-10H,11H2,1H3. The average Bonchev–Trinajstić information content (AvgIpc) is 2.47. The summed E-state index contributed by atoms with van der Waals surface area (Å²) in [6, 6.07) is 14.3. The van der Waals surface area contributed by atoms with E-state index < -0.39 is 14.9 Å². The SMILES string of the molecule is CN(c1ccccc1)S(=O)(=O)Cc1cccc([N+](=O)[O-])c1. The first kappa shape index (κ1) is 15.0. The Balaban J connectivity index is 2.25. The summed E-state index contributed by atoms with van der Waals surface area (Å²) in [4.78, 5) is 10.2. The van der Waals surface area contributed by atoms with Crippen molar-refractivity contribution >= 4 is 21.4 Å². The van der Waals surface area contributed by atoms with Crippen LogP contribution >= 0.6 is 0 Å². The highest BCUT2D eigenvalue weighted by Crippen LogP contribution is 2.20. The van der Waals surface area contributed by atoms with Gasteiger partial charge in [-0.05, 0) is 17.7 Å². The summed E-state index contributed by atoms with van der Waals surface area (Å²) in [5.41, 5.74) is 0.806. The number of rotatable bonds is 5. The maximum absolute atomic E-state index is 12.3. The van der Waals surface area contributed by atoms with Crippen LogP contribution in [0.3, 0.4) is 0 Å². The number of benzene rings is 2. The lowest BCUT2D eigenvalue weighted by Gasteiger charge is -2.19. The van der Waals surface area contributed by atoms with Crippen LogP contribution in [0.15, 0.2) is 54.6 Å². The van der Waals surface area contributed by atoms with Gasteiger partial charge in [0.25, 0.3) is 5.69 Å². The first-order valence-corrected chi connectivity index (χ1v) is 7.76. The van der Waals surface area contributed by atoms with Crippen LogP contribution in [0.4, 0.5) is 11.4 Å². The molecule has 7 heteroatoms. The van der Waals surface area contributed by atoms with Crippen molar-refractivity contribution in [3.63, 3.8) is 0 Å². The first-order chi connectivity index (χ1) is 9.90. The molecule has 0 saturated carbocycles. The normalized spacial score (nSPS) is 11.1. The van der Waals surface area contributed by atoms with Gasteiger partial charge in [0.1, 0.15) is 0 Å². The second-order valence-electron chi connectivity index (χ2n) is 4.49. The van der Waals surface area contributed by atoms with Crippen LogP contribution in [-0.4, -0.2) is 20.4 Å².